The maximum absolute atomic E-state index is 13.3. The lowest BCUT2D eigenvalue weighted by Gasteiger charge is -2.21. The predicted octanol–water partition coefficient (Wildman–Crippen LogP) is 3.33. The number of aliphatic hydroxyl groups excluding tert-OH is 1. The number of nitrogens with one attached hydrogen (secondary N) is 3. The number of rotatable bonds is 29. The van der Waals surface area contributed by atoms with Gasteiger partial charge in [-0.05, 0) is 34.7 Å². The molecule has 4 heterocycles. The summed E-state index contributed by atoms with van der Waals surface area (Å²) in [5.74, 6) is -1.17. The largest absolute Gasteiger partial charge is 0.490 e. The molecule has 28 nitrogen and oxygen atoms in total. The number of ether oxygens (including phenoxy) is 2. The van der Waals surface area contributed by atoms with Crippen molar-refractivity contribution in [2.24, 2.45) is 11.8 Å². The highest BCUT2D eigenvalue weighted by atomic mass is 79.9. The fourth-order valence-corrected chi connectivity index (χ4v) is 11.5. The van der Waals surface area contributed by atoms with Gasteiger partial charge < -0.3 is 39.5 Å². The van der Waals surface area contributed by atoms with E-state index in [1.807, 2.05) is 6.07 Å². The summed E-state index contributed by atoms with van der Waals surface area (Å²) in [6.45, 7) is 2.03. The maximum Gasteiger partial charge on any atom is 0.490 e. The molecule has 0 spiro atoms. The molecule has 2 aliphatic rings. The smallest absolute Gasteiger partial charge is 0.390 e. The van der Waals surface area contributed by atoms with Gasteiger partial charge in [-0.15, -0.1) is 0 Å². The third kappa shape index (κ3) is 19.1. The Labute approximate surface area is 401 Å². The average molecular weight is 1130 g/mol. The first-order valence-corrected chi connectivity index (χ1v) is 28.1. The number of nitrogens with zero attached hydrogens (tertiary/aromatic N) is 3. The summed E-state index contributed by atoms with van der Waals surface area (Å²) in [4.78, 5) is 103. The summed E-state index contributed by atoms with van der Waals surface area (Å²) >= 11 is 3.04. The fraction of sp³-hybridized carbons (Fsp3) is 0.667. The lowest BCUT2D eigenvalue weighted by atomic mass is 9.93. The Morgan fingerprint density at radius 3 is 2.13 bits per heavy atom. The molecule has 33 heteroatoms. The molecule has 0 saturated carbocycles. The van der Waals surface area contributed by atoms with Crippen LogP contribution in [0.5, 0.6) is 0 Å². The molecular formula is C36H55BrN6O22P4. The van der Waals surface area contributed by atoms with Crippen LogP contribution in [-0.2, 0) is 59.2 Å². The van der Waals surface area contributed by atoms with Crippen LogP contribution >= 0.6 is 47.2 Å². The molecule has 10 unspecified atom stereocenters. The first-order valence-electron chi connectivity index (χ1n) is 21.3. The van der Waals surface area contributed by atoms with Gasteiger partial charge in [-0.25, -0.2) is 27.8 Å². The zero-order chi connectivity index (χ0) is 51.2. The van der Waals surface area contributed by atoms with Gasteiger partial charge in [0.2, 0.25) is 5.91 Å². The Kier molecular flexibility index (Phi) is 22.5. The molecule has 2 fully saturated rings. The second-order valence-electron chi connectivity index (χ2n) is 15.7. The lowest BCUT2D eigenvalue weighted by molar-refractivity contribution is -0.121. The molecule has 0 aliphatic carbocycles. The van der Waals surface area contributed by atoms with Crippen molar-refractivity contribution in [1.29, 1.82) is 5.26 Å². The van der Waals surface area contributed by atoms with Crippen LogP contribution in [0.1, 0.15) is 96.1 Å². The number of carbonyl (C=O) groups excluding carboxylic acids is 1. The normalized spacial score (nSPS) is 24.4. The van der Waals surface area contributed by atoms with E-state index >= 15 is 0 Å². The minimum Gasteiger partial charge on any atom is -0.390 e. The lowest BCUT2D eigenvalue weighted by Crippen LogP contribution is -2.35. The van der Waals surface area contributed by atoms with Gasteiger partial charge >= 0.3 is 42.7 Å². The molecule has 4 rings (SSSR count). The van der Waals surface area contributed by atoms with Crippen molar-refractivity contribution < 1.29 is 83.9 Å². The summed E-state index contributed by atoms with van der Waals surface area (Å²) in [6.07, 6.45) is 5.51. The molecule has 69 heavy (non-hydrogen) atoms. The number of phosphoric acid groups is 4. The number of hydrogen-bond acceptors (Lipinski definition) is 19. The summed E-state index contributed by atoms with van der Waals surface area (Å²) in [5, 5.41) is 22.1. The van der Waals surface area contributed by atoms with Gasteiger partial charge in [-0.3, -0.25) is 51.6 Å². The topological polar surface area (TPSA) is 406 Å². The predicted molar refractivity (Wildman–Crippen MR) is 242 cm³/mol. The monoisotopic (exact) mass is 1130 g/mol. The van der Waals surface area contributed by atoms with E-state index in [4.69, 9.17) is 42.6 Å². The van der Waals surface area contributed by atoms with Gasteiger partial charge in [0, 0.05) is 37.7 Å². The number of aromatic nitrogens is 4. The summed E-state index contributed by atoms with van der Waals surface area (Å²) in [6, 6.07) is 1.87. The molecule has 1 amide bonds. The van der Waals surface area contributed by atoms with Crippen molar-refractivity contribution in [3.8, 4) is 6.07 Å². The third-order valence-electron chi connectivity index (χ3n) is 10.6. The number of aromatic amines is 2. The molecular weight excluding hydrogens is 1070 g/mol. The van der Waals surface area contributed by atoms with E-state index in [2.05, 4.69) is 39.8 Å². The molecule has 0 aromatic carbocycles. The summed E-state index contributed by atoms with van der Waals surface area (Å²) < 4.78 is 90.2. The van der Waals surface area contributed by atoms with Crippen LogP contribution in [0.4, 0.5) is 0 Å². The Morgan fingerprint density at radius 1 is 0.826 bits per heavy atom. The third-order valence-corrected chi connectivity index (χ3v) is 16.4. The molecule has 0 bridgehead atoms. The second-order valence-corrected chi connectivity index (χ2v) is 22.7. The van der Waals surface area contributed by atoms with Gasteiger partial charge in [-0.1, -0.05) is 58.1 Å². The van der Waals surface area contributed by atoms with Crippen LogP contribution in [0.15, 0.2) is 42.1 Å². The highest BCUT2D eigenvalue weighted by Gasteiger charge is 2.45. The minimum absolute atomic E-state index is 0.0137. The average Bonchev–Trinajstić information content (AvgIpc) is 3.75. The van der Waals surface area contributed by atoms with E-state index in [1.54, 1.807) is 13.8 Å². The van der Waals surface area contributed by atoms with Crippen LogP contribution in [0, 0.1) is 23.2 Å². The Morgan fingerprint density at radius 2 is 1.45 bits per heavy atom. The van der Waals surface area contributed by atoms with Crippen molar-refractivity contribution in [2.45, 2.75) is 109 Å². The van der Waals surface area contributed by atoms with Crippen LogP contribution in [0.25, 0.3) is 6.08 Å². The highest BCUT2D eigenvalue weighted by Crippen LogP contribution is 2.66. The van der Waals surface area contributed by atoms with E-state index < -0.39 is 110 Å². The van der Waals surface area contributed by atoms with E-state index in [0.717, 1.165) is 34.8 Å². The maximum atomic E-state index is 13.3. The number of H-pyrrole nitrogens is 2. The number of nitriles is 1. The number of carbonyl (C=O) groups is 1. The fourth-order valence-electron chi connectivity index (χ4n) is 6.90. The van der Waals surface area contributed by atoms with Gasteiger partial charge in [0.05, 0.1) is 61.2 Å². The number of phosphoric ester groups is 2. The standard InChI is InChI=1S/C36H55BrN6O22P4/c1-23-24(2)34(63-28(23)21-60-67(53,54)65-68(55,56)64-66(50,51)52)43-19-25(32(46)40-36(43)49)12-10-15-39-30(45)13-8-6-4-3-5-7-9-16-58-69(57,59-17-11-14-38)61-22-29-27(44)18-31(62-29)42-20-26(37)33(47)41-35(42)48/h10,12,19-20,23-24,27-29,31,34,44H,3-9,11,13,15-18,21-22H2,1-2H3,(H,39,45)(H,53,54)(H,55,56)(H,40,46,49)(H,41,47,48)(H2,50,51,52)/b12-10+. The van der Waals surface area contributed by atoms with E-state index in [0.29, 0.717) is 19.3 Å². The van der Waals surface area contributed by atoms with Gasteiger partial charge in [0.25, 0.3) is 11.1 Å². The van der Waals surface area contributed by atoms with Crippen LogP contribution in [0.3, 0.4) is 0 Å². The number of amides is 1. The zero-order valence-corrected chi connectivity index (χ0v) is 42.3. The molecule has 2 saturated heterocycles. The van der Waals surface area contributed by atoms with Gasteiger partial charge in [-0.2, -0.15) is 13.9 Å². The van der Waals surface area contributed by atoms with Crippen molar-refractivity contribution in [3.05, 3.63) is 70.2 Å². The van der Waals surface area contributed by atoms with Crippen LogP contribution in [-0.4, -0.2) is 101 Å². The van der Waals surface area contributed by atoms with E-state index in [9.17, 15) is 57.1 Å². The zero-order valence-electron chi connectivity index (χ0n) is 37.1. The molecule has 2 aromatic rings. The van der Waals surface area contributed by atoms with Gasteiger partial charge in [0.1, 0.15) is 18.6 Å². The van der Waals surface area contributed by atoms with Crippen molar-refractivity contribution in [1.82, 2.24) is 24.4 Å². The molecule has 2 aromatic heterocycles. The Hall–Kier alpha value is -3.06. The van der Waals surface area contributed by atoms with Crippen molar-refractivity contribution in [2.75, 3.05) is 33.0 Å². The van der Waals surface area contributed by atoms with Crippen molar-refractivity contribution >= 4 is 59.2 Å². The molecule has 388 valence electrons. The first-order chi connectivity index (χ1) is 32.3. The van der Waals surface area contributed by atoms with Gasteiger partial charge in [0.15, 0.2) is 0 Å². The molecule has 2 aliphatic heterocycles. The number of unbranched alkanes of at least 4 members (excludes halogenated alkanes) is 6. The number of aliphatic hydroxyl groups is 1. The molecule has 8 N–H and O–H groups in total. The number of hydrogen-bond donors (Lipinski definition) is 8. The molecule has 10 atom stereocenters. The second kappa shape index (κ2) is 26.6. The summed E-state index contributed by atoms with van der Waals surface area (Å²) in [7, 11) is -20.9. The summed E-state index contributed by atoms with van der Waals surface area (Å²) in [5.41, 5.74) is -2.91. The Balaban J connectivity index is 1.12. The first kappa shape index (κ1) is 58.5. The number of halogens is 1. The Bertz CT molecular complexity index is 2580. The van der Waals surface area contributed by atoms with Crippen molar-refractivity contribution in [3.63, 3.8) is 0 Å². The van der Waals surface area contributed by atoms with Crippen LogP contribution in [0.2, 0.25) is 0 Å². The SMILES string of the molecule is CC1C(COP(=O)(O)OP(=O)(O)OP(=O)(O)O)OC(n2cc(/C=C/CNC(=O)CCCCCCCCCOP(=O)(OCCC#N)OCC3OC(n4cc(Br)c(=O)[nH]c4=O)CC3O)c(=O)[nH]c2=O)C1C. The minimum atomic E-state index is -5.73. The van der Waals surface area contributed by atoms with E-state index in [1.165, 1.54) is 24.5 Å². The molecule has 0 radical (unpaired) electrons. The quantitative estimate of drug-likeness (QED) is 0.0428. The van der Waals surface area contributed by atoms with E-state index in [-0.39, 0.29) is 55.0 Å². The highest BCUT2D eigenvalue weighted by molar-refractivity contribution is 9.10. The van der Waals surface area contributed by atoms with Crippen LogP contribution < -0.4 is 27.8 Å².